The molecule has 0 atom stereocenters. The van der Waals surface area contributed by atoms with Crippen LogP contribution in [0.4, 0.5) is 0 Å². The minimum absolute atomic E-state index is 0.283. The Bertz CT molecular complexity index is 646. The molecule has 0 fully saturated rings. The topological polar surface area (TPSA) is 59.8 Å². The number of carbonyl (C=O) groups excluding carboxylic acids is 1. The number of thioether (sulfide) groups is 1. The second-order valence-electron chi connectivity index (χ2n) is 3.86. The lowest BCUT2D eigenvalue weighted by Gasteiger charge is -2.10. The van der Waals surface area contributed by atoms with Crippen LogP contribution in [0, 0.1) is 10.5 Å². The number of nitrogens with zero attached hydrogens (tertiary/aromatic N) is 3. The summed E-state index contributed by atoms with van der Waals surface area (Å²) in [5.74, 6) is 1.18. The zero-order chi connectivity index (χ0) is 14.7. The summed E-state index contributed by atoms with van der Waals surface area (Å²) in [5, 5.41) is 9.05. The zero-order valence-corrected chi connectivity index (χ0v) is 14.6. The summed E-state index contributed by atoms with van der Waals surface area (Å²) in [6.07, 6.45) is 0. The van der Waals surface area contributed by atoms with Gasteiger partial charge in [0, 0.05) is 3.57 Å². The summed E-state index contributed by atoms with van der Waals surface area (Å²) in [6, 6.07) is 5.30. The maximum atomic E-state index is 12.3. The molecule has 0 unspecified atom stereocenters. The molecule has 1 aromatic heterocycles. The number of hydrogen-bond acceptors (Lipinski definition) is 4. The van der Waals surface area contributed by atoms with Crippen LogP contribution < -0.4 is 5.43 Å². The zero-order valence-electron chi connectivity index (χ0n) is 10.9. The van der Waals surface area contributed by atoms with Crippen molar-refractivity contribution < 1.29 is 4.79 Å². The Morgan fingerprint density at radius 3 is 2.95 bits per heavy atom. The van der Waals surface area contributed by atoms with Crippen molar-refractivity contribution in [1.29, 1.82) is 0 Å². The van der Waals surface area contributed by atoms with Crippen molar-refractivity contribution in [3.8, 4) is 0 Å². The quantitative estimate of drug-likeness (QED) is 0.606. The highest BCUT2D eigenvalue weighted by Crippen LogP contribution is 2.20. The number of halogens is 2. The molecule has 2 rings (SSSR count). The average Bonchev–Trinajstić information content (AvgIpc) is 2.75. The molecule has 2 aromatic rings. The molecule has 1 amide bonds. The van der Waals surface area contributed by atoms with Gasteiger partial charge in [-0.25, -0.2) is 4.68 Å². The van der Waals surface area contributed by atoms with Crippen LogP contribution in [0.2, 0.25) is 5.02 Å². The van der Waals surface area contributed by atoms with E-state index in [1.54, 1.807) is 23.7 Å². The SMILES string of the molecule is CCSc1nnc(C)n1NC(=O)c1cc(I)ccc1Cl. The van der Waals surface area contributed by atoms with Crippen LogP contribution in [-0.4, -0.2) is 26.5 Å². The number of hydrogen-bond donors (Lipinski definition) is 1. The summed E-state index contributed by atoms with van der Waals surface area (Å²) in [6.45, 7) is 3.79. The predicted molar refractivity (Wildman–Crippen MR) is 89.0 cm³/mol. The van der Waals surface area contributed by atoms with Gasteiger partial charge in [-0.2, -0.15) is 0 Å². The van der Waals surface area contributed by atoms with Crippen molar-refractivity contribution in [2.24, 2.45) is 0 Å². The van der Waals surface area contributed by atoms with E-state index < -0.39 is 0 Å². The Labute approximate surface area is 139 Å². The number of aryl methyl sites for hydroxylation is 1. The Morgan fingerprint density at radius 2 is 2.25 bits per heavy atom. The van der Waals surface area contributed by atoms with E-state index >= 15 is 0 Å². The lowest BCUT2D eigenvalue weighted by molar-refractivity contribution is 0.101. The first-order valence-electron chi connectivity index (χ1n) is 5.84. The fourth-order valence-corrected chi connectivity index (χ4v) is 2.89. The van der Waals surface area contributed by atoms with Gasteiger partial charge >= 0.3 is 0 Å². The first-order valence-corrected chi connectivity index (χ1v) is 8.28. The van der Waals surface area contributed by atoms with E-state index in [1.807, 2.05) is 13.0 Å². The highest BCUT2D eigenvalue weighted by Gasteiger charge is 2.15. The number of carbonyl (C=O) groups is 1. The van der Waals surface area contributed by atoms with Crippen molar-refractivity contribution >= 4 is 51.9 Å². The minimum atomic E-state index is -0.283. The molecule has 1 N–H and O–H groups in total. The fraction of sp³-hybridized carbons (Fsp3) is 0.250. The monoisotopic (exact) mass is 422 g/mol. The molecule has 8 heteroatoms. The van der Waals surface area contributed by atoms with Crippen molar-refractivity contribution in [3.63, 3.8) is 0 Å². The van der Waals surface area contributed by atoms with Gasteiger partial charge in [-0.1, -0.05) is 30.3 Å². The first-order chi connectivity index (χ1) is 9.52. The molecule has 0 aliphatic heterocycles. The van der Waals surface area contributed by atoms with Crippen LogP contribution in [0.5, 0.6) is 0 Å². The molecule has 106 valence electrons. The van der Waals surface area contributed by atoms with Gasteiger partial charge in [-0.15, -0.1) is 10.2 Å². The van der Waals surface area contributed by atoms with Crippen molar-refractivity contribution in [3.05, 3.63) is 38.2 Å². The lowest BCUT2D eigenvalue weighted by Crippen LogP contribution is -2.25. The third kappa shape index (κ3) is 3.44. The maximum Gasteiger partial charge on any atom is 0.271 e. The Morgan fingerprint density at radius 1 is 1.50 bits per heavy atom. The first kappa shape index (κ1) is 15.6. The molecule has 0 aliphatic rings. The van der Waals surface area contributed by atoms with Crippen molar-refractivity contribution in [1.82, 2.24) is 14.9 Å². The van der Waals surface area contributed by atoms with E-state index in [9.17, 15) is 4.79 Å². The second kappa shape index (κ2) is 6.77. The fourth-order valence-electron chi connectivity index (χ4n) is 1.53. The van der Waals surface area contributed by atoms with E-state index in [4.69, 9.17) is 11.6 Å². The van der Waals surface area contributed by atoms with Crippen LogP contribution in [0.1, 0.15) is 23.1 Å². The number of amides is 1. The predicted octanol–water partition coefficient (Wildman–Crippen LogP) is 3.34. The molecule has 5 nitrogen and oxygen atoms in total. The molecule has 0 saturated carbocycles. The third-order valence-electron chi connectivity index (χ3n) is 2.45. The molecule has 0 aliphatic carbocycles. The largest absolute Gasteiger partial charge is 0.271 e. The molecule has 1 heterocycles. The van der Waals surface area contributed by atoms with Gasteiger partial charge in [0.05, 0.1) is 10.6 Å². The van der Waals surface area contributed by atoms with Gasteiger partial charge in [0.15, 0.2) is 0 Å². The van der Waals surface area contributed by atoms with Crippen LogP contribution in [0.15, 0.2) is 23.4 Å². The molecule has 20 heavy (non-hydrogen) atoms. The van der Waals surface area contributed by atoms with E-state index in [0.29, 0.717) is 21.6 Å². The van der Waals surface area contributed by atoms with E-state index in [-0.39, 0.29) is 5.91 Å². The van der Waals surface area contributed by atoms with Crippen molar-refractivity contribution in [2.75, 3.05) is 11.2 Å². The molecule has 0 bridgehead atoms. The Hall–Kier alpha value is -0.800. The second-order valence-corrected chi connectivity index (χ2v) is 6.75. The van der Waals surface area contributed by atoms with E-state index in [1.165, 1.54) is 11.8 Å². The van der Waals surface area contributed by atoms with Gasteiger partial charge in [-0.05, 0) is 53.5 Å². The molecule has 0 saturated heterocycles. The highest BCUT2D eigenvalue weighted by atomic mass is 127. The molecular formula is C12H12ClIN4OS. The Balaban J connectivity index is 2.28. The van der Waals surface area contributed by atoms with Gasteiger partial charge in [0.25, 0.3) is 5.91 Å². The van der Waals surface area contributed by atoms with Gasteiger partial charge in [0.2, 0.25) is 5.16 Å². The van der Waals surface area contributed by atoms with Gasteiger partial charge in [0.1, 0.15) is 5.82 Å². The smallest absolute Gasteiger partial charge is 0.267 e. The normalized spacial score (nSPS) is 10.6. The minimum Gasteiger partial charge on any atom is -0.267 e. The summed E-state index contributed by atoms with van der Waals surface area (Å²) >= 11 is 9.71. The molecular weight excluding hydrogens is 411 g/mol. The average molecular weight is 423 g/mol. The molecule has 1 aromatic carbocycles. The van der Waals surface area contributed by atoms with Crippen LogP contribution in [0.25, 0.3) is 0 Å². The number of nitrogens with one attached hydrogen (secondary N) is 1. The van der Waals surface area contributed by atoms with Gasteiger partial charge < -0.3 is 0 Å². The Kier molecular flexibility index (Phi) is 5.28. The van der Waals surface area contributed by atoms with Crippen LogP contribution >= 0.6 is 46.0 Å². The maximum absolute atomic E-state index is 12.3. The summed E-state index contributed by atoms with van der Waals surface area (Å²) in [5.41, 5.74) is 3.20. The summed E-state index contributed by atoms with van der Waals surface area (Å²) in [4.78, 5) is 12.3. The van der Waals surface area contributed by atoms with Gasteiger partial charge in [-0.3, -0.25) is 10.2 Å². The summed E-state index contributed by atoms with van der Waals surface area (Å²) in [7, 11) is 0. The molecule has 0 spiro atoms. The standard InChI is InChI=1S/C12H12ClIN4OS/c1-3-20-12-16-15-7(2)18(12)17-11(19)9-6-8(14)4-5-10(9)13/h4-6H,3H2,1-2H3,(H,17,19). The molecule has 0 radical (unpaired) electrons. The lowest BCUT2D eigenvalue weighted by atomic mass is 10.2. The van der Waals surface area contributed by atoms with Crippen LogP contribution in [-0.2, 0) is 0 Å². The van der Waals surface area contributed by atoms with E-state index in [2.05, 4.69) is 38.2 Å². The highest BCUT2D eigenvalue weighted by molar-refractivity contribution is 14.1. The summed E-state index contributed by atoms with van der Waals surface area (Å²) < 4.78 is 2.52. The number of aromatic nitrogens is 3. The van der Waals surface area contributed by atoms with Crippen molar-refractivity contribution in [2.45, 2.75) is 19.0 Å². The number of benzene rings is 1. The van der Waals surface area contributed by atoms with E-state index in [0.717, 1.165) is 9.32 Å². The third-order valence-corrected chi connectivity index (χ3v) is 4.27. The van der Waals surface area contributed by atoms with Crippen LogP contribution in [0.3, 0.4) is 0 Å². The number of rotatable bonds is 4.